The molecule has 1 aromatic carbocycles. The van der Waals surface area contributed by atoms with Crippen molar-refractivity contribution in [3.63, 3.8) is 0 Å². The molecule has 0 aliphatic carbocycles. The van der Waals surface area contributed by atoms with Crippen LogP contribution in [0.25, 0.3) is 11.5 Å². The van der Waals surface area contributed by atoms with Crippen molar-refractivity contribution in [2.75, 3.05) is 13.6 Å². The predicted molar refractivity (Wildman–Crippen MR) is 66.8 cm³/mol. The van der Waals surface area contributed by atoms with Crippen LogP contribution in [0.5, 0.6) is 0 Å². The molecule has 0 saturated carbocycles. The molecule has 0 aliphatic rings. The van der Waals surface area contributed by atoms with Crippen molar-refractivity contribution < 1.29 is 4.42 Å². The smallest absolute Gasteiger partial charge is 0.247 e. The maximum absolute atomic E-state index is 5.60. The number of nitrogens with one attached hydrogen (secondary N) is 1. The topological polar surface area (TPSA) is 51.0 Å². The van der Waals surface area contributed by atoms with Crippen LogP contribution < -0.4 is 5.32 Å². The Balaban J connectivity index is 2.21. The second kappa shape index (κ2) is 5.10. The number of hydrogen-bond acceptors (Lipinski definition) is 4. The number of rotatable bonds is 4. The summed E-state index contributed by atoms with van der Waals surface area (Å²) >= 11 is 0. The molecule has 4 nitrogen and oxygen atoms in total. The lowest BCUT2D eigenvalue weighted by atomic mass is 10.1. The monoisotopic (exact) mass is 231 g/mol. The molecule has 4 heteroatoms. The highest BCUT2D eigenvalue weighted by Gasteiger charge is 2.08. The van der Waals surface area contributed by atoms with Crippen LogP contribution in [0.2, 0.25) is 0 Å². The minimum Gasteiger partial charge on any atom is -0.421 e. The third-order valence-corrected chi connectivity index (χ3v) is 2.81. The van der Waals surface area contributed by atoms with E-state index in [0.29, 0.717) is 11.8 Å². The van der Waals surface area contributed by atoms with Crippen molar-refractivity contribution in [1.82, 2.24) is 15.5 Å². The first-order valence-electron chi connectivity index (χ1n) is 5.75. The Bertz CT molecular complexity index is 505. The first-order valence-corrected chi connectivity index (χ1v) is 5.75. The van der Waals surface area contributed by atoms with E-state index >= 15 is 0 Å². The fraction of sp³-hybridized carbons (Fsp3) is 0.385. The van der Waals surface area contributed by atoms with Gasteiger partial charge in [-0.2, -0.15) is 0 Å². The highest BCUT2D eigenvalue weighted by atomic mass is 16.4. The molecule has 90 valence electrons. The Hall–Kier alpha value is -1.68. The van der Waals surface area contributed by atoms with Gasteiger partial charge in [-0.3, -0.25) is 0 Å². The molecule has 0 amide bonds. The fourth-order valence-electron chi connectivity index (χ4n) is 1.58. The van der Waals surface area contributed by atoms with Crippen LogP contribution in [0.1, 0.15) is 17.0 Å². The second-order valence-corrected chi connectivity index (χ2v) is 4.15. The van der Waals surface area contributed by atoms with Crippen LogP contribution in [-0.2, 0) is 6.42 Å². The van der Waals surface area contributed by atoms with Gasteiger partial charge in [-0.25, -0.2) is 0 Å². The number of aryl methyl sites for hydroxylation is 2. The molecule has 0 radical (unpaired) electrons. The quantitative estimate of drug-likeness (QED) is 0.875. The van der Waals surface area contributed by atoms with Gasteiger partial charge in [-0.1, -0.05) is 6.07 Å². The number of hydrogen-bond donors (Lipinski definition) is 1. The summed E-state index contributed by atoms with van der Waals surface area (Å²) in [6, 6.07) is 6.16. The SMILES string of the molecule is CNCCc1nnc(-c2ccc(C)c(C)c2)o1. The molecule has 2 rings (SSSR count). The molecule has 1 heterocycles. The Kier molecular flexibility index (Phi) is 3.54. The van der Waals surface area contributed by atoms with Gasteiger partial charge in [-0.15, -0.1) is 10.2 Å². The minimum absolute atomic E-state index is 0.596. The van der Waals surface area contributed by atoms with Crippen molar-refractivity contribution in [2.24, 2.45) is 0 Å². The van der Waals surface area contributed by atoms with Crippen LogP contribution in [0, 0.1) is 13.8 Å². The van der Waals surface area contributed by atoms with Gasteiger partial charge in [0, 0.05) is 18.5 Å². The zero-order chi connectivity index (χ0) is 12.3. The highest BCUT2D eigenvalue weighted by Crippen LogP contribution is 2.20. The van der Waals surface area contributed by atoms with Crippen LogP contribution in [0.15, 0.2) is 22.6 Å². The number of likely N-dealkylation sites (N-methyl/N-ethyl adjacent to an activating group) is 1. The Morgan fingerprint density at radius 1 is 1.18 bits per heavy atom. The van der Waals surface area contributed by atoms with Gasteiger partial charge < -0.3 is 9.73 Å². The summed E-state index contributed by atoms with van der Waals surface area (Å²) in [6.45, 7) is 5.01. The van der Waals surface area contributed by atoms with Gasteiger partial charge >= 0.3 is 0 Å². The van der Waals surface area contributed by atoms with E-state index in [0.717, 1.165) is 18.5 Å². The Labute approximate surface area is 101 Å². The van der Waals surface area contributed by atoms with E-state index in [1.807, 2.05) is 13.1 Å². The maximum Gasteiger partial charge on any atom is 0.247 e. The number of nitrogens with zero attached hydrogens (tertiary/aromatic N) is 2. The third kappa shape index (κ3) is 2.71. The Morgan fingerprint density at radius 2 is 2.00 bits per heavy atom. The lowest BCUT2D eigenvalue weighted by Crippen LogP contribution is -2.10. The van der Waals surface area contributed by atoms with E-state index < -0.39 is 0 Å². The van der Waals surface area contributed by atoms with Crippen LogP contribution >= 0.6 is 0 Å². The summed E-state index contributed by atoms with van der Waals surface area (Å²) in [4.78, 5) is 0. The van der Waals surface area contributed by atoms with Gasteiger partial charge in [0.25, 0.3) is 0 Å². The first kappa shape index (κ1) is 11.8. The summed E-state index contributed by atoms with van der Waals surface area (Å²) < 4.78 is 5.60. The Morgan fingerprint density at radius 3 is 2.71 bits per heavy atom. The molecule has 0 bridgehead atoms. The van der Waals surface area contributed by atoms with E-state index in [4.69, 9.17) is 4.42 Å². The van der Waals surface area contributed by atoms with Crippen LogP contribution in [0.3, 0.4) is 0 Å². The van der Waals surface area contributed by atoms with Crippen molar-refractivity contribution in [2.45, 2.75) is 20.3 Å². The van der Waals surface area contributed by atoms with Gasteiger partial charge in [0.2, 0.25) is 11.8 Å². The molecule has 0 unspecified atom stereocenters. The molecule has 0 aliphatic heterocycles. The molecule has 2 aromatic rings. The van der Waals surface area contributed by atoms with E-state index in [-0.39, 0.29) is 0 Å². The van der Waals surface area contributed by atoms with Crippen molar-refractivity contribution in [3.05, 3.63) is 35.2 Å². The summed E-state index contributed by atoms with van der Waals surface area (Å²) in [5, 5.41) is 11.1. The minimum atomic E-state index is 0.596. The number of aromatic nitrogens is 2. The van der Waals surface area contributed by atoms with Crippen molar-refractivity contribution in [1.29, 1.82) is 0 Å². The number of benzene rings is 1. The summed E-state index contributed by atoms with van der Waals surface area (Å²) in [7, 11) is 1.90. The molecule has 17 heavy (non-hydrogen) atoms. The summed E-state index contributed by atoms with van der Waals surface area (Å²) in [6.07, 6.45) is 0.758. The zero-order valence-electron chi connectivity index (χ0n) is 10.4. The average Bonchev–Trinajstić information content (AvgIpc) is 2.79. The van der Waals surface area contributed by atoms with Gasteiger partial charge in [-0.05, 0) is 44.2 Å². The third-order valence-electron chi connectivity index (χ3n) is 2.81. The molecule has 0 spiro atoms. The van der Waals surface area contributed by atoms with Gasteiger partial charge in [0.1, 0.15) is 0 Å². The van der Waals surface area contributed by atoms with Crippen molar-refractivity contribution in [3.8, 4) is 11.5 Å². The fourth-order valence-corrected chi connectivity index (χ4v) is 1.58. The van der Waals surface area contributed by atoms with E-state index in [9.17, 15) is 0 Å². The molecule has 1 N–H and O–H groups in total. The zero-order valence-corrected chi connectivity index (χ0v) is 10.4. The average molecular weight is 231 g/mol. The summed E-state index contributed by atoms with van der Waals surface area (Å²) in [5.41, 5.74) is 3.48. The standard InChI is InChI=1S/C13H17N3O/c1-9-4-5-11(8-10(9)2)13-16-15-12(17-13)6-7-14-3/h4-5,8,14H,6-7H2,1-3H3. The van der Waals surface area contributed by atoms with Crippen LogP contribution in [0.4, 0.5) is 0 Å². The molecule has 1 aromatic heterocycles. The largest absolute Gasteiger partial charge is 0.421 e. The highest BCUT2D eigenvalue weighted by molar-refractivity contribution is 5.55. The lowest BCUT2D eigenvalue weighted by molar-refractivity contribution is 0.500. The normalized spacial score (nSPS) is 10.8. The predicted octanol–water partition coefficient (Wildman–Crippen LogP) is 2.12. The van der Waals surface area contributed by atoms with E-state index in [1.165, 1.54) is 11.1 Å². The summed E-state index contributed by atoms with van der Waals surface area (Å²) in [5.74, 6) is 1.27. The molecular formula is C13H17N3O. The molecular weight excluding hydrogens is 214 g/mol. The molecule has 0 fully saturated rings. The molecule has 0 atom stereocenters. The maximum atomic E-state index is 5.60. The molecule has 0 saturated heterocycles. The van der Waals surface area contributed by atoms with E-state index in [2.05, 4.69) is 41.5 Å². The van der Waals surface area contributed by atoms with Crippen molar-refractivity contribution >= 4 is 0 Å². The van der Waals surface area contributed by atoms with Crippen LogP contribution in [-0.4, -0.2) is 23.8 Å². The van der Waals surface area contributed by atoms with Gasteiger partial charge in [0.15, 0.2) is 0 Å². The van der Waals surface area contributed by atoms with E-state index in [1.54, 1.807) is 0 Å². The first-order chi connectivity index (χ1) is 8.20. The lowest BCUT2D eigenvalue weighted by Gasteiger charge is -2.00. The second-order valence-electron chi connectivity index (χ2n) is 4.15. The van der Waals surface area contributed by atoms with Gasteiger partial charge in [0.05, 0.1) is 0 Å².